The smallest absolute Gasteiger partial charge is 0.359 e. The zero-order chi connectivity index (χ0) is 21.0. The van der Waals surface area contributed by atoms with Crippen molar-refractivity contribution in [1.82, 2.24) is 0 Å². The monoisotopic (exact) mass is 416 g/mol. The van der Waals surface area contributed by atoms with Crippen LogP contribution in [0, 0.1) is 16.1 Å². The van der Waals surface area contributed by atoms with E-state index < -0.39 is 10.2 Å². The summed E-state index contributed by atoms with van der Waals surface area (Å²) < 4.78 is 58.3. The molecule has 0 aliphatic carbocycles. The van der Waals surface area contributed by atoms with E-state index >= 15 is 0 Å². The summed E-state index contributed by atoms with van der Waals surface area (Å²) in [5, 5.41) is 0. The van der Waals surface area contributed by atoms with Crippen molar-refractivity contribution >= 4 is 0 Å². The molecule has 0 fully saturated rings. The van der Waals surface area contributed by atoms with Crippen molar-refractivity contribution in [2.24, 2.45) is 0 Å². The lowest BCUT2D eigenvalue weighted by atomic mass is 10.1. The van der Waals surface area contributed by atoms with Crippen LogP contribution in [0.4, 0.5) is 4.39 Å². The fourth-order valence-electron chi connectivity index (χ4n) is 2.64. The van der Waals surface area contributed by atoms with Crippen LogP contribution in [0.3, 0.4) is 0 Å². The average molecular weight is 417 g/mol. The van der Waals surface area contributed by atoms with E-state index in [4.69, 9.17) is 27.8 Å². The Labute approximate surface area is 167 Å². The van der Waals surface area contributed by atoms with Crippen molar-refractivity contribution in [2.75, 3.05) is 7.11 Å². The molecule has 0 aliphatic heterocycles. The normalized spacial score (nSPS) is 11.0. The zero-order valence-electron chi connectivity index (χ0n) is 16.1. The molecule has 2 rings (SSSR count). The van der Waals surface area contributed by atoms with E-state index in [-0.39, 0.29) is 11.6 Å². The van der Waals surface area contributed by atoms with E-state index in [1.54, 1.807) is 18.4 Å². The molecule has 1 aromatic carbocycles. The number of ether oxygens (including phenoxy) is 1. The molecule has 0 aliphatic rings. The lowest BCUT2D eigenvalue weighted by Gasteiger charge is -2.17. The third-order valence-electron chi connectivity index (χ3n) is 4.04. The molecule has 6 nitrogen and oxygen atoms in total. The van der Waals surface area contributed by atoms with Crippen molar-refractivity contribution in [1.29, 1.82) is 0 Å². The van der Waals surface area contributed by atoms with Gasteiger partial charge in [0.1, 0.15) is 0 Å². The second kappa shape index (κ2) is 12.6. The third kappa shape index (κ3) is 10.5. The van der Waals surface area contributed by atoms with Crippen LogP contribution >= 0.6 is 0 Å². The first-order chi connectivity index (χ1) is 13.2. The van der Waals surface area contributed by atoms with E-state index in [2.05, 4.69) is 13.0 Å². The summed E-state index contributed by atoms with van der Waals surface area (Å²) in [6, 6.07) is 8.82. The summed E-state index contributed by atoms with van der Waals surface area (Å²) in [4.78, 5) is 0. The van der Waals surface area contributed by atoms with Gasteiger partial charge in [0.15, 0.2) is 11.6 Å². The molecule has 0 N–H and O–H groups in total. The molecule has 0 unspecified atom stereocenters. The Kier molecular flexibility index (Phi) is 11.0. The van der Waals surface area contributed by atoms with Crippen molar-refractivity contribution in [3.05, 3.63) is 48.0 Å². The van der Waals surface area contributed by atoms with Crippen LogP contribution in [0.15, 0.2) is 41.0 Å². The van der Waals surface area contributed by atoms with Crippen LogP contribution in [0.1, 0.15) is 51.0 Å². The van der Waals surface area contributed by atoms with E-state index in [0.717, 1.165) is 12.0 Å². The van der Waals surface area contributed by atoms with Crippen LogP contribution in [0.25, 0.3) is 11.3 Å². The van der Waals surface area contributed by atoms with Crippen LogP contribution < -0.4 is 23.4 Å². The number of aryl methyl sites for hydroxylation is 1. The average Bonchev–Trinajstić information content (AvgIpc) is 2.64. The summed E-state index contributed by atoms with van der Waals surface area (Å²) in [7, 11) is -3.49. The highest BCUT2D eigenvalue weighted by Gasteiger charge is 2.14. The van der Waals surface area contributed by atoms with E-state index in [9.17, 15) is 4.39 Å². The van der Waals surface area contributed by atoms with Gasteiger partial charge in [-0.1, -0.05) is 39.0 Å². The molecule has 0 amide bonds. The van der Waals surface area contributed by atoms with Crippen molar-refractivity contribution in [2.45, 2.75) is 51.9 Å². The van der Waals surface area contributed by atoms with Crippen LogP contribution in [-0.2, 0) is 6.42 Å². The molecule has 0 bridgehead atoms. The second-order valence-corrected chi connectivity index (χ2v) is 7.01. The number of methoxy groups -OCH3 is 1. The van der Waals surface area contributed by atoms with Gasteiger partial charge in [-0.15, -0.1) is 10.2 Å². The lowest BCUT2D eigenvalue weighted by molar-refractivity contribution is -2.00. The van der Waals surface area contributed by atoms with E-state index in [1.807, 2.05) is 6.07 Å². The molecule has 2 aromatic rings. The fraction of sp³-hybridized carbons (Fsp3) is 0.450. The third-order valence-corrected chi connectivity index (χ3v) is 4.04. The predicted octanol–water partition coefficient (Wildman–Crippen LogP) is 1.52. The zero-order valence-corrected chi connectivity index (χ0v) is 16.9. The summed E-state index contributed by atoms with van der Waals surface area (Å²) in [6.45, 7) is 2.23. The number of benzene rings is 1. The minimum Gasteiger partial charge on any atom is -0.494 e. The Hall–Kier alpha value is -1.77. The van der Waals surface area contributed by atoms with Gasteiger partial charge >= 0.3 is 12.0 Å². The lowest BCUT2D eigenvalue weighted by Crippen LogP contribution is -2.68. The largest absolute Gasteiger partial charge is 0.494 e. The van der Waals surface area contributed by atoms with Crippen molar-refractivity contribution in [3.63, 3.8) is 0 Å². The van der Waals surface area contributed by atoms with Gasteiger partial charge in [0.05, 0.1) is 12.7 Å². The number of unbranched alkanes of at least 4 members (excludes halogenated alkanes) is 5. The maximum Gasteiger partial charge on any atom is 0.359 e. The van der Waals surface area contributed by atoms with E-state index in [0.29, 0.717) is 5.76 Å². The van der Waals surface area contributed by atoms with Gasteiger partial charge in [0.25, 0.3) is 0 Å². The minimum atomic E-state index is -4.94. The number of halogens is 2. The molecule has 8 heteroatoms. The molecule has 0 saturated heterocycles. The van der Waals surface area contributed by atoms with Gasteiger partial charge in [0.2, 0.25) is 0 Å². The number of rotatable bonds is 9. The topological polar surface area (TPSA) is 113 Å². The SMILES string of the molecule is CCCCCCCCc1ccc(-c2ccc(OC)c(F)c2)[o+]c1.[O-][Cl+3]([O-])([O-])[O-]. The first kappa shape index (κ1) is 24.3. The molecule has 0 radical (unpaired) electrons. The predicted molar refractivity (Wildman–Crippen MR) is 92.1 cm³/mol. The van der Waals surface area contributed by atoms with Gasteiger partial charge in [-0.25, -0.2) is 27.4 Å². The standard InChI is InChI=1S/C20H26FO2.ClHO4/c1-3-4-5-6-7-8-9-16-10-12-19(23-15-16)17-11-13-20(22-2)18(21)14-17;2-1(3,4)5/h10-15H,3-9H2,1-2H3;(H,2,3,4,5)/q+1;/p-1. The Morgan fingerprint density at radius 1 is 0.964 bits per heavy atom. The van der Waals surface area contributed by atoms with Gasteiger partial charge in [-0.2, -0.15) is 0 Å². The quantitative estimate of drug-likeness (QED) is 0.452. The molecule has 0 atom stereocenters. The summed E-state index contributed by atoms with van der Waals surface area (Å²) >= 11 is 0. The van der Waals surface area contributed by atoms with Gasteiger partial charge < -0.3 is 4.74 Å². The van der Waals surface area contributed by atoms with Crippen LogP contribution in [-0.4, -0.2) is 7.11 Å². The first-order valence-electron chi connectivity index (χ1n) is 9.11. The minimum absolute atomic E-state index is 0.244. The number of hydrogen-bond donors (Lipinski definition) is 0. The second-order valence-electron chi connectivity index (χ2n) is 6.25. The maximum absolute atomic E-state index is 13.7. The molecule has 0 saturated carbocycles. The first-order valence-corrected chi connectivity index (χ1v) is 10.3. The Morgan fingerprint density at radius 2 is 1.61 bits per heavy atom. The molecule has 28 heavy (non-hydrogen) atoms. The highest BCUT2D eigenvalue weighted by molar-refractivity contribution is 5.58. The highest BCUT2D eigenvalue weighted by atomic mass is 35.7. The van der Waals surface area contributed by atoms with Gasteiger partial charge in [-0.3, -0.25) is 0 Å². The number of hydrogen-bond acceptors (Lipinski definition) is 5. The highest BCUT2D eigenvalue weighted by Crippen LogP contribution is 2.26. The molecule has 1 heterocycles. The Bertz CT molecular complexity index is 682. The van der Waals surface area contributed by atoms with Crippen LogP contribution in [0.5, 0.6) is 5.75 Å². The molecule has 156 valence electrons. The van der Waals surface area contributed by atoms with Crippen molar-refractivity contribution in [3.8, 4) is 17.1 Å². The fourth-order valence-corrected chi connectivity index (χ4v) is 2.64. The van der Waals surface area contributed by atoms with Gasteiger partial charge in [0, 0.05) is 11.6 Å². The molecular weight excluding hydrogens is 391 g/mol. The molecule has 1 aromatic heterocycles. The molecular formula is C20H26ClFO6. The Balaban J connectivity index is 0.000000696. The van der Waals surface area contributed by atoms with Gasteiger partial charge in [-0.05, 0) is 37.1 Å². The Morgan fingerprint density at radius 3 is 2.14 bits per heavy atom. The summed E-state index contributed by atoms with van der Waals surface area (Å²) in [5.41, 5.74) is 1.91. The van der Waals surface area contributed by atoms with Crippen LogP contribution in [0.2, 0.25) is 0 Å². The summed E-state index contributed by atoms with van der Waals surface area (Å²) in [5.74, 6) is 0.531. The van der Waals surface area contributed by atoms with Crippen molar-refractivity contribution < 1.29 is 42.4 Å². The maximum atomic E-state index is 13.7. The van der Waals surface area contributed by atoms with E-state index in [1.165, 1.54) is 57.3 Å². The summed E-state index contributed by atoms with van der Waals surface area (Å²) in [6.07, 6.45) is 10.5. The molecule has 0 spiro atoms.